The van der Waals surface area contributed by atoms with Crippen LogP contribution in [0.4, 0.5) is 5.69 Å². The fraction of sp³-hybridized carbons (Fsp3) is 0.389. The summed E-state index contributed by atoms with van der Waals surface area (Å²) in [6, 6.07) is 10.5. The monoisotopic (exact) mass is 314 g/mol. The maximum absolute atomic E-state index is 12.3. The Labute approximate surface area is 136 Å². The van der Waals surface area contributed by atoms with Crippen LogP contribution in [0.15, 0.2) is 41.0 Å². The molecule has 1 aliphatic heterocycles. The number of hydrogen-bond donors (Lipinski definition) is 1. The summed E-state index contributed by atoms with van der Waals surface area (Å²) in [5.74, 6) is 0.578. The summed E-state index contributed by atoms with van der Waals surface area (Å²) in [6.45, 7) is 3.78. The van der Waals surface area contributed by atoms with Gasteiger partial charge in [0.2, 0.25) is 0 Å². The van der Waals surface area contributed by atoms with Gasteiger partial charge in [0.1, 0.15) is 5.76 Å². The van der Waals surface area contributed by atoms with E-state index < -0.39 is 0 Å². The van der Waals surface area contributed by atoms with Crippen LogP contribution in [0.25, 0.3) is 0 Å². The number of nitrogens with zero attached hydrogens (tertiary/aromatic N) is 1. The van der Waals surface area contributed by atoms with Crippen molar-refractivity contribution in [1.29, 1.82) is 0 Å². The third kappa shape index (κ3) is 3.24. The van der Waals surface area contributed by atoms with Gasteiger partial charge in [-0.05, 0) is 31.0 Å². The van der Waals surface area contributed by atoms with Gasteiger partial charge in [-0.1, -0.05) is 18.2 Å². The van der Waals surface area contributed by atoms with Crippen molar-refractivity contribution in [3.63, 3.8) is 0 Å². The predicted molar refractivity (Wildman–Crippen MR) is 88.7 cm³/mol. The zero-order valence-corrected chi connectivity index (χ0v) is 13.5. The van der Waals surface area contributed by atoms with E-state index in [1.807, 2.05) is 6.07 Å². The molecule has 2 aromatic rings. The molecule has 0 bridgehead atoms. The lowest BCUT2D eigenvalue weighted by molar-refractivity contribution is 0.0935. The molecule has 5 nitrogen and oxygen atoms in total. The summed E-state index contributed by atoms with van der Waals surface area (Å²) >= 11 is 0. The fourth-order valence-corrected chi connectivity index (χ4v) is 3.05. The first-order valence-corrected chi connectivity index (χ1v) is 7.88. The molecule has 1 aromatic carbocycles. The molecule has 0 aliphatic carbocycles. The summed E-state index contributed by atoms with van der Waals surface area (Å²) in [4.78, 5) is 14.5. The highest BCUT2D eigenvalue weighted by atomic mass is 16.5. The average molecular weight is 314 g/mol. The fourth-order valence-electron chi connectivity index (χ4n) is 3.05. The summed E-state index contributed by atoms with van der Waals surface area (Å²) in [7, 11) is 1.61. The van der Waals surface area contributed by atoms with Crippen molar-refractivity contribution < 1.29 is 13.9 Å². The van der Waals surface area contributed by atoms with E-state index in [0.717, 1.165) is 6.42 Å². The molecule has 0 fully saturated rings. The second-order valence-electron chi connectivity index (χ2n) is 5.82. The van der Waals surface area contributed by atoms with Crippen LogP contribution < -0.4 is 10.2 Å². The van der Waals surface area contributed by atoms with Crippen molar-refractivity contribution >= 4 is 11.6 Å². The second-order valence-corrected chi connectivity index (χ2v) is 5.82. The Morgan fingerprint density at radius 1 is 1.39 bits per heavy atom. The summed E-state index contributed by atoms with van der Waals surface area (Å²) in [6.07, 6.45) is 2.60. The minimum Gasteiger partial charge on any atom is -0.467 e. The molecule has 5 heteroatoms. The Morgan fingerprint density at radius 3 is 3.04 bits per heavy atom. The van der Waals surface area contributed by atoms with E-state index in [1.165, 1.54) is 11.3 Å². The SMILES string of the molecule is COCCNC(=O)c1ccoc1CN1c2ccccc2C[C@@H]1C. The van der Waals surface area contributed by atoms with E-state index >= 15 is 0 Å². The van der Waals surface area contributed by atoms with Gasteiger partial charge >= 0.3 is 0 Å². The third-order valence-electron chi connectivity index (χ3n) is 4.24. The number of methoxy groups -OCH3 is 1. The van der Waals surface area contributed by atoms with Crippen molar-refractivity contribution in [2.75, 3.05) is 25.2 Å². The van der Waals surface area contributed by atoms with Crippen molar-refractivity contribution in [1.82, 2.24) is 5.32 Å². The molecular formula is C18H22N2O3. The lowest BCUT2D eigenvalue weighted by Gasteiger charge is -2.24. The lowest BCUT2D eigenvalue weighted by atomic mass is 10.1. The van der Waals surface area contributed by atoms with E-state index in [-0.39, 0.29) is 5.91 Å². The van der Waals surface area contributed by atoms with Crippen LogP contribution in [0, 0.1) is 0 Å². The molecule has 1 atom stereocenters. The van der Waals surface area contributed by atoms with Crippen LogP contribution in [-0.2, 0) is 17.7 Å². The van der Waals surface area contributed by atoms with E-state index in [2.05, 4.69) is 35.3 Å². The smallest absolute Gasteiger partial charge is 0.254 e. The van der Waals surface area contributed by atoms with Gasteiger partial charge in [-0.3, -0.25) is 4.79 Å². The molecule has 23 heavy (non-hydrogen) atoms. The van der Waals surface area contributed by atoms with Gasteiger partial charge in [-0.2, -0.15) is 0 Å². The second kappa shape index (κ2) is 6.87. The van der Waals surface area contributed by atoms with Crippen LogP contribution in [0.5, 0.6) is 0 Å². The molecule has 1 aliphatic rings. The molecule has 0 unspecified atom stereocenters. The van der Waals surface area contributed by atoms with Crippen LogP contribution in [0.1, 0.15) is 28.6 Å². The standard InChI is InChI=1S/C18H22N2O3/c1-13-11-14-5-3-4-6-16(14)20(13)12-17-15(7-9-23-17)18(21)19-8-10-22-2/h3-7,9,13H,8,10-12H2,1-2H3,(H,19,21)/t13-/m0/s1. The van der Waals surface area contributed by atoms with Crippen molar-refractivity contribution in [3.05, 3.63) is 53.5 Å². The summed E-state index contributed by atoms with van der Waals surface area (Å²) in [5.41, 5.74) is 3.16. The van der Waals surface area contributed by atoms with Crippen LogP contribution in [0.2, 0.25) is 0 Å². The van der Waals surface area contributed by atoms with Crippen molar-refractivity contribution in [2.24, 2.45) is 0 Å². The van der Waals surface area contributed by atoms with Crippen LogP contribution in [-0.4, -0.2) is 32.2 Å². The molecule has 0 saturated carbocycles. The normalized spacial score (nSPS) is 16.4. The summed E-state index contributed by atoms with van der Waals surface area (Å²) in [5, 5.41) is 2.84. The average Bonchev–Trinajstić information content (AvgIpc) is 3.13. The number of para-hydroxylation sites is 1. The third-order valence-corrected chi connectivity index (χ3v) is 4.24. The van der Waals surface area contributed by atoms with Crippen molar-refractivity contribution in [3.8, 4) is 0 Å². The molecule has 1 aromatic heterocycles. The van der Waals surface area contributed by atoms with E-state index in [4.69, 9.17) is 9.15 Å². The molecule has 1 amide bonds. The highest BCUT2D eigenvalue weighted by Crippen LogP contribution is 2.33. The highest BCUT2D eigenvalue weighted by Gasteiger charge is 2.27. The molecule has 0 radical (unpaired) electrons. The van der Waals surface area contributed by atoms with Crippen molar-refractivity contribution in [2.45, 2.75) is 25.9 Å². The lowest BCUT2D eigenvalue weighted by Crippen LogP contribution is -2.31. The maximum Gasteiger partial charge on any atom is 0.254 e. The first-order chi connectivity index (χ1) is 11.2. The van der Waals surface area contributed by atoms with Gasteiger partial charge in [0.05, 0.1) is 25.0 Å². The molecule has 122 valence electrons. The van der Waals surface area contributed by atoms with E-state index in [1.54, 1.807) is 19.4 Å². The number of carbonyl (C=O) groups excluding carboxylic acids is 1. The largest absolute Gasteiger partial charge is 0.467 e. The van der Waals surface area contributed by atoms with Gasteiger partial charge in [-0.25, -0.2) is 0 Å². The molecule has 3 rings (SSSR count). The van der Waals surface area contributed by atoms with Gasteiger partial charge in [-0.15, -0.1) is 0 Å². The van der Waals surface area contributed by atoms with Gasteiger partial charge < -0.3 is 19.4 Å². The Kier molecular flexibility index (Phi) is 4.67. The number of furan rings is 1. The number of benzene rings is 1. The zero-order valence-electron chi connectivity index (χ0n) is 13.5. The number of carbonyl (C=O) groups is 1. The maximum atomic E-state index is 12.3. The highest BCUT2D eigenvalue weighted by molar-refractivity contribution is 5.95. The first-order valence-electron chi connectivity index (χ1n) is 7.88. The van der Waals surface area contributed by atoms with Gasteiger partial charge in [0.25, 0.3) is 5.91 Å². The minimum absolute atomic E-state index is 0.120. The minimum atomic E-state index is -0.120. The van der Waals surface area contributed by atoms with Gasteiger partial charge in [0.15, 0.2) is 0 Å². The quantitative estimate of drug-likeness (QED) is 0.833. The van der Waals surface area contributed by atoms with E-state index in [9.17, 15) is 4.79 Å². The number of hydrogen-bond acceptors (Lipinski definition) is 4. The number of fused-ring (bicyclic) bond motifs is 1. The number of nitrogens with one attached hydrogen (secondary N) is 1. The molecular weight excluding hydrogens is 292 g/mol. The Bertz CT molecular complexity index is 680. The van der Waals surface area contributed by atoms with Crippen LogP contribution in [0.3, 0.4) is 0 Å². The summed E-state index contributed by atoms with van der Waals surface area (Å²) < 4.78 is 10.5. The Morgan fingerprint density at radius 2 is 2.22 bits per heavy atom. The molecule has 1 N–H and O–H groups in total. The predicted octanol–water partition coefficient (Wildman–Crippen LogP) is 2.61. The Hall–Kier alpha value is -2.27. The first kappa shape index (κ1) is 15.6. The number of anilines is 1. The Balaban J connectivity index is 1.74. The van der Waals surface area contributed by atoms with Gasteiger partial charge in [0, 0.05) is 25.4 Å². The molecule has 0 saturated heterocycles. The molecule has 2 heterocycles. The van der Waals surface area contributed by atoms with E-state index in [0.29, 0.717) is 37.1 Å². The number of ether oxygens (including phenoxy) is 1. The zero-order chi connectivity index (χ0) is 16.2. The van der Waals surface area contributed by atoms with Crippen LogP contribution >= 0.6 is 0 Å². The number of amides is 1. The topological polar surface area (TPSA) is 54.7 Å². The number of rotatable bonds is 6. The molecule has 0 spiro atoms.